The molecule has 2 amide bonds. The Bertz CT molecular complexity index is 643. The standard InChI is InChI=1S/C16H15N3O2/c20-15-10-12(11-19(15)14-4-2-1-3-5-14)16(21)18-13-6-8-17-9-7-13/h1-9,12H,10-11H2,(H,17,18,21). The molecule has 5 heteroatoms. The van der Waals surface area contributed by atoms with Gasteiger partial charge in [-0.3, -0.25) is 14.6 Å². The van der Waals surface area contributed by atoms with Crippen molar-refractivity contribution in [2.45, 2.75) is 6.42 Å². The van der Waals surface area contributed by atoms with Crippen LogP contribution in [0.5, 0.6) is 0 Å². The summed E-state index contributed by atoms with van der Waals surface area (Å²) in [6.45, 7) is 0.416. The van der Waals surface area contributed by atoms with Gasteiger partial charge >= 0.3 is 0 Å². The third-order valence-corrected chi connectivity index (χ3v) is 3.51. The molecule has 5 nitrogen and oxygen atoms in total. The molecule has 1 saturated heterocycles. The molecule has 2 heterocycles. The second-order valence-corrected chi connectivity index (χ2v) is 4.97. The van der Waals surface area contributed by atoms with Crippen LogP contribution in [0.2, 0.25) is 0 Å². The minimum atomic E-state index is -0.328. The Labute approximate surface area is 122 Å². The van der Waals surface area contributed by atoms with Crippen LogP contribution in [0.1, 0.15) is 6.42 Å². The number of hydrogen-bond acceptors (Lipinski definition) is 3. The second-order valence-electron chi connectivity index (χ2n) is 4.97. The van der Waals surface area contributed by atoms with Crippen LogP contribution in [0.4, 0.5) is 11.4 Å². The Kier molecular flexibility index (Phi) is 3.64. The highest BCUT2D eigenvalue weighted by Crippen LogP contribution is 2.25. The van der Waals surface area contributed by atoms with Crippen molar-refractivity contribution in [1.82, 2.24) is 4.98 Å². The van der Waals surface area contributed by atoms with Crippen molar-refractivity contribution in [2.24, 2.45) is 5.92 Å². The van der Waals surface area contributed by atoms with E-state index in [1.165, 1.54) is 0 Å². The summed E-state index contributed by atoms with van der Waals surface area (Å²) in [5.74, 6) is -0.477. The zero-order valence-corrected chi connectivity index (χ0v) is 11.4. The number of nitrogens with one attached hydrogen (secondary N) is 1. The third-order valence-electron chi connectivity index (χ3n) is 3.51. The monoisotopic (exact) mass is 281 g/mol. The zero-order valence-electron chi connectivity index (χ0n) is 11.4. The Morgan fingerprint density at radius 3 is 2.57 bits per heavy atom. The summed E-state index contributed by atoms with van der Waals surface area (Å²) in [6.07, 6.45) is 3.48. The van der Waals surface area contributed by atoms with Crippen LogP contribution in [0.25, 0.3) is 0 Å². The van der Waals surface area contributed by atoms with E-state index in [1.54, 1.807) is 29.4 Å². The van der Waals surface area contributed by atoms with Crippen molar-refractivity contribution in [2.75, 3.05) is 16.8 Å². The molecular formula is C16H15N3O2. The van der Waals surface area contributed by atoms with Gasteiger partial charge in [0.1, 0.15) is 0 Å². The van der Waals surface area contributed by atoms with Crippen LogP contribution < -0.4 is 10.2 Å². The predicted molar refractivity (Wildman–Crippen MR) is 79.8 cm³/mol. The predicted octanol–water partition coefficient (Wildman–Crippen LogP) is 2.07. The molecule has 106 valence electrons. The van der Waals surface area contributed by atoms with Crippen molar-refractivity contribution in [3.05, 3.63) is 54.9 Å². The summed E-state index contributed by atoms with van der Waals surface area (Å²) in [6, 6.07) is 12.9. The fourth-order valence-electron chi connectivity index (χ4n) is 2.42. The zero-order chi connectivity index (χ0) is 14.7. The van der Waals surface area contributed by atoms with Crippen LogP contribution in [0.3, 0.4) is 0 Å². The number of hydrogen-bond donors (Lipinski definition) is 1. The van der Waals surface area contributed by atoms with Gasteiger partial charge in [-0.2, -0.15) is 0 Å². The topological polar surface area (TPSA) is 62.3 Å². The van der Waals surface area contributed by atoms with E-state index in [1.807, 2.05) is 30.3 Å². The molecule has 0 aliphatic carbocycles. The van der Waals surface area contributed by atoms with Crippen LogP contribution in [-0.4, -0.2) is 23.3 Å². The number of pyridine rings is 1. The average Bonchev–Trinajstić information content (AvgIpc) is 2.91. The number of carbonyl (C=O) groups excluding carboxylic acids is 2. The van der Waals surface area contributed by atoms with Crippen LogP contribution in [-0.2, 0) is 9.59 Å². The number of carbonyl (C=O) groups is 2. The number of amides is 2. The molecule has 0 radical (unpaired) electrons. The van der Waals surface area contributed by atoms with E-state index in [0.717, 1.165) is 5.69 Å². The van der Waals surface area contributed by atoms with E-state index in [0.29, 0.717) is 12.2 Å². The Balaban J connectivity index is 1.68. The molecule has 1 aromatic heterocycles. The fraction of sp³-hybridized carbons (Fsp3) is 0.188. The van der Waals surface area contributed by atoms with Crippen LogP contribution in [0, 0.1) is 5.92 Å². The number of aromatic nitrogens is 1. The number of nitrogens with zero attached hydrogens (tertiary/aromatic N) is 2. The van der Waals surface area contributed by atoms with E-state index >= 15 is 0 Å². The second kappa shape index (κ2) is 5.75. The average molecular weight is 281 g/mol. The lowest BCUT2D eigenvalue weighted by molar-refractivity contribution is -0.122. The van der Waals surface area contributed by atoms with Gasteiger partial charge in [-0.15, -0.1) is 0 Å². The van der Waals surface area contributed by atoms with Crippen molar-refractivity contribution in [3.63, 3.8) is 0 Å². The van der Waals surface area contributed by atoms with Gasteiger partial charge in [-0.25, -0.2) is 0 Å². The molecule has 21 heavy (non-hydrogen) atoms. The fourth-order valence-corrected chi connectivity index (χ4v) is 2.42. The number of benzene rings is 1. The largest absolute Gasteiger partial charge is 0.326 e. The van der Waals surface area contributed by atoms with E-state index in [-0.39, 0.29) is 24.2 Å². The molecule has 2 aromatic rings. The summed E-state index contributed by atoms with van der Waals surface area (Å²) in [4.78, 5) is 29.9. The quantitative estimate of drug-likeness (QED) is 0.936. The molecule has 1 aromatic carbocycles. The van der Waals surface area contributed by atoms with E-state index < -0.39 is 0 Å². The third kappa shape index (κ3) is 2.91. The number of anilines is 2. The van der Waals surface area contributed by atoms with Crippen molar-refractivity contribution >= 4 is 23.2 Å². The highest BCUT2D eigenvalue weighted by Gasteiger charge is 2.35. The smallest absolute Gasteiger partial charge is 0.229 e. The molecule has 0 spiro atoms. The molecule has 1 aliphatic rings. The summed E-state index contributed by atoms with van der Waals surface area (Å²) in [7, 11) is 0. The first kappa shape index (κ1) is 13.3. The van der Waals surface area contributed by atoms with Gasteiger partial charge < -0.3 is 10.2 Å². The molecule has 1 N–H and O–H groups in total. The van der Waals surface area contributed by atoms with Gasteiger partial charge in [-0.1, -0.05) is 18.2 Å². The van der Waals surface area contributed by atoms with Gasteiger partial charge in [0.05, 0.1) is 5.92 Å². The first-order valence-corrected chi connectivity index (χ1v) is 6.80. The molecule has 1 atom stereocenters. The molecular weight excluding hydrogens is 266 g/mol. The number of para-hydroxylation sites is 1. The SMILES string of the molecule is O=C(Nc1ccncc1)C1CC(=O)N(c2ccccc2)C1. The molecule has 3 rings (SSSR count). The van der Waals surface area contributed by atoms with E-state index in [4.69, 9.17) is 0 Å². The lowest BCUT2D eigenvalue weighted by Gasteiger charge is -2.16. The highest BCUT2D eigenvalue weighted by atomic mass is 16.2. The molecule has 0 saturated carbocycles. The maximum atomic E-state index is 12.2. The molecule has 1 fully saturated rings. The van der Waals surface area contributed by atoms with E-state index in [9.17, 15) is 9.59 Å². The van der Waals surface area contributed by atoms with Gasteiger partial charge in [0, 0.05) is 36.7 Å². The summed E-state index contributed by atoms with van der Waals surface area (Å²) < 4.78 is 0. The molecule has 0 bridgehead atoms. The van der Waals surface area contributed by atoms with Gasteiger partial charge in [0.15, 0.2) is 0 Å². The minimum absolute atomic E-state index is 0.0175. The van der Waals surface area contributed by atoms with Crippen LogP contribution in [0.15, 0.2) is 54.9 Å². The van der Waals surface area contributed by atoms with Gasteiger partial charge in [0.2, 0.25) is 11.8 Å². The number of rotatable bonds is 3. The molecule has 1 aliphatic heterocycles. The molecule has 1 unspecified atom stereocenters. The minimum Gasteiger partial charge on any atom is -0.326 e. The summed E-state index contributed by atoms with van der Waals surface area (Å²) in [5.41, 5.74) is 1.53. The first-order valence-electron chi connectivity index (χ1n) is 6.80. The lowest BCUT2D eigenvalue weighted by atomic mass is 10.1. The Morgan fingerprint density at radius 1 is 1.14 bits per heavy atom. The summed E-state index contributed by atoms with van der Waals surface area (Å²) in [5, 5.41) is 2.82. The van der Waals surface area contributed by atoms with Crippen molar-refractivity contribution < 1.29 is 9.59 Å². The maximum Gasteiger partial charge on any atom is 0.229 e. The Hall–Kier alpha value is -2.69. The van der Waals surface area contributed by atoms with E-state index in [2.05, 4.69) is 10.3 Å². The first-order chi connectivity index (χ1) is 10.2. The van der Waals surface area contributed by atoms with Crippen molar-refractivity contribution in [1.29, 1.82) is 0 Å². The normalized spacial score (nSPS) is 17.8. The maximum absolute atomic E-state index is 12.2. The summed E-state index contributed by atoms with van der Waals surface area (Å²) >= 11 is 0. The van der Waals surface area contributed by atoms with Crippen LogP contribution >= 0.6 is 0 Å². The Morgan fingerprint density at radius 2 is 1.86 bits per heavy atom. The lowest BCUT2D eigenvalue weighted by Crippen LogP contribution is -2.28. The highest BCUT2D eigenvalue weighted by molar-refractivity contribution is 6.03. The van der Waals surface area contributed by atoms with Gasteiger partial charge in [-0.05, 0) is 24.3 Å². The van der Waals surface area contributed by atoms with Crippen molar-refractivity contribution in [3.8, 4) is 0 Å². The van der Waals surface area contributed by atoms with Gasteiger partial charge in [0.25, 0.3) is 0 Å².